The summed E-state index contributed by atoms with van der Waals surface area (Å²) in [6, 6.07) is 92.2. The van der Waals surface area contributed by atoms with Crippen LogP contribution in [0.4, 0.5) is 17.1 Å². The molecule has 1 aliphatic carbocycles. The summed E-state index contributed by atoms with van der Waals surface area (Å²) in [6.07, 6.45) is 12.0. The zero-order valence-electron chi connectivity index (χ0n) is 42.1. The molecule has 4 heteroatoms. The van der Waals surface area contributed by atoms with Gasteiger partial charge in [-0.1, -0.05) is 226 Å². The Morgan fingerprint density at radius 1 is 0.461 bits per heavy atom. The van der Waals surface area contributed by atoms with Crippen molar-refractivity contribution in [3.8, 4) is 11.1 Å². The van der Waals surface area contributed by atoms with Gasteiger partial charge in [-0.15, -0.1) is 0 Å². The fourth-order valence-electron chi connectivity index (χ4n) is 12.6. The molecule has 360 valence electrons. The summed E-state index contributed by atoms with van der Waals surface area (Å²) in [6.45, 7) is 8.56. The predicted octanol–water partition coefficient (Wildman–Crippen LogP) is 14.3. The van der Waals surface area contributed by atoms with Crippen LogP contribution in [-0.2, 0) is 0 Å². The van der Waals surface area contributed by atoms with Crippen LogP contribution in [0.5, 0.6) is 0 Å². The van der Waals surface area contributed by atoms with Gasteiger partial charge >= 0.3 is 0 Å². The molecule has 0 saturated heterocycles. The van der Waals surface area contributed by atoms with E-state index in [0.717, 1.165) is 39.6 Å². The molecule has 1 aliphatic rings. The van der Waals surface area contributed by atoms with Crippen LogP contribution in [0, 0.1) is 0 Å². The lowest BCUT2D eigenvalue weighted by atomic mass is 9.91. The van der Waals surface area contributed by atoms with E-state index in [1.54, 1.807) is 0 Å². The molecule has 0 N–H and O–H groups in total. The average Bonchev–Trinajstić information content (AvgIpc) is 4.11. The van der Waals surface area contributed by atoms with Gasteiger partial charge in [0, 0.05) is 60.8 Å². The summed E-state index contributed by atoms with van der Waals surface area (Å²) in [5, 5.41) is 13.7. The van der Waals surface area contributed by atoms with Crippen molar-refractivity contribution in [2.45, 2.75) is 12.3 Å². The van der Waals surface area contributed by atoms with Gasteiger partial charge in [-0.25, -0.2) is 0 Å². The molecule has 3 nitrogen and oxygen atoms in total. The van der Waals surface area contributed by atoms with E-state index in [1.807, 2.05) is 6.08 Å². The van der Waals surface area contributed by atoms with Crippen LogP contribution in [0.2, 0.25) is 0 Å². The van der Waals surface area contributed by atoms with Crippen molar-refractivity contribution in [3.63, 3.8) is 0 Å². The van der Waals surface area contributed by atoms with Crippen LogP contribution >= 0.6 is 0 Å². The molecule has 0 spiro atoms. The Morgan fingerprint density at radius 2 is 0.961 bits per heavy atom. The van der Waals surface area contributed by atoms with E-state index in [2.05, 4.69) is 300 Å². The van der Waals surface area contributed by atoms with Gasteiger partial charge in [-0.3, -0.25) is 0 Å². The quantitative estimate of drug-likeness (QED) is 0.0929. The summed E-state index contributed by atoms with van der Waals surface area (Å²) in [5.74, 6) is 0.265. The van der Waals surface area contributed by atoms with Gasteiger partial charge in [0.25, 0.3) is 0 Å². The van der Waals surface area contributed by atoms with E-state index >= 15 is 0 Å². The van der Waals surface area contributed by atoms with Crippen molar-refractivity contribution >= 4 is 113 Å². The monoisotopic (exact) mass is 987 g/mol. The number of hydrogen-bond donors (Lipinski definition) is 0. The van der Waals surface area contributed by atoms with Crippen LogP contribution < -0.4 is 36.2 Å². The van der Waals surface area contributed by atoms with E-state index in [9.17, 15) is 0 Å². The second-order valence-electron chi connectivity index (χ2n) is 20.1. The topological polar surface area (TPSA) is 12.6 Å². The second-order valence-corrected chi connectivity index (χ2v) is 23.9. The molecule has 14 rings (SSSR count). The molecular weight excluding hydrogens is 935 g/mol. The molecule has 0 fully saturated rings. The Morgan fingerprint density at radius 3 is 1.53 bits per heavy atom. The lowest BCUT2D eigenvalue weighted by Gasteiger charge is -2.34. The lowest BCUT2D eigenvalue weighted by molar-refractivity contribution is 0.850. The Hall–Kier alpha value is -9.48. The molecule has 0 radical (unpaired) electrons. The molecule has 3 aromatic heterocycles. The van der Waals surface area contributed by atoms with Crippen LogP contribution in [-0.4, -0.2) is 17.0 Å². The number of benzene rings is 10. The molecule has 1 unspecified atom stereocenters. The first-order valence-corrected chi connectivity index (χ1v) is 28.3. The summed E-state index contributed by atoms with van der Waals surface area (Å²) < 4.78 is 4.77. The normalized spacial score (nSPS) is 14.1. The molecule has 0 amide bonds. The predicted molar refractivity (Wildman–Crippen MR) is 327 cm³/mol. The van der Waals surface area contributed by atoms with E-state index < -0.39 is 8.07 Å². The molecule has 76 heavy (non-hydrogen) atoms. The number of allylic oxidation sites excluding steroid dienone is 5. The first kappa shape index (κ1) is 45.2. The number of para-hydroxylation sites is 3. The number of fused-ring (bicyclic) bond motifs is 6. The number of nitrogens with zero attached hydrogens (tertiary/aromatic N) is 3. The molecule has 3 heterocycles. The third kappa shape index (κ3) is 7.17. The largest absolute Gasteiger partial charge is 0.310 e. The van der Waals surface area contributed by atoms with Crippen molar-refractivity contribution < 1.29 is 0 Å². The average molecular weight is 988 g/mol. The number of aromatic nitrogens is 2. The molecular formula is C72H53N3Si. The van der Waals surface area contributed by atoms with Gasteiger partial charge in [-0.05, 0) is 111 Å². The fraction of sp³-hybridized carbons (Fsp3) is 0.0278. The molecule has 1 atom stereocenters. The minimum atomic E-state index is -2.65. The van der Waals surface area contributed by atoms with Crippen molar-refractivity contribution in [3.05, 3.63) is 296 Å². The van der Waals surface area contributed by atoms with E-state index in [-0.39, 0.29) is 5.92 Å². The van der Waals surface area contributed by atoms with Crippen molar-refractivity contribution in [1.82, 2.24) is 8.97 Å². The van der Waals surface area contributed by atoms with Gasteiger partial charge < -0.3 is 13.9 Å². The lowest BCUT2D eigenvalue weighted by Crippen LogP contribution is -2.74. The van der Waals surface area contributed by atoms with Gasteiger partial charge in [0.05, 0.1) is 27.4 Å². The van der Waals surface area contributed by atoms with Gasteiger partial charge in [0.2, 0.25) is 0 Å². The zero-order valence-corrected chi connectivity index (χ0v) is 43.1. The third-order valence-electron chi connectivity index (χ3n) is 16.1. The molecule has 0 saturated carbocycles. The Labute approximate surface area is 443 Å². The second kappa shape index (κ2) is 18.5. The Bertz CT molecular complexity index is 4340. The van der Waals surface area contributed by atoms with E-state index in [1.165, 1.54) is 86.6 Å². The van der Waals surface area contributed by atoms with Gasteiger partial charge in [-0.2, -0.15) is 0 Å². The van der Waals surface area contributed by atoms with Crippen LogP contribution in [0.3, 0.4) is 0 Å². The van der Waals surface area contributed by atoms with Gasteiger partial charge in [0.15, 0.2) is 8.07 Å². The molecule has 13 aromatic rings. The number of anilines is 3. The molecule has 10 aromatic carbocycles. The smallest absolute Gasteiger partial charge is 0.179 e. The first-order valence-electron chi connectivity index (χ1n) is 26.3. The number of hydrogen-bond acceptors (Lipinski definition) is 1. The van der Waals surface area contributed by atoms with E-state index in [4.69, 9.17) is 0 Å². The highest BCUT2D eigenvalue weighted by Crippen LogP contribution is 2.41. The van der Waals surface area contributed by atoms with E-state index in [0.29, 0.717) is 0 Å². The maximum absolute atomic E-state index is 4.51. The highest BCUT2D eigenvalue weighted by Gasteiger charge is 2.41. The van der Waals surface area contributed by atoms with Crippen molar-refractivity contribution in [2.75, 3.05) is 4.90 Å². The minimum Gasteiger partial charge on any atom is -0.310 e. The maximum atomic E-state index is 4.51. The van der Waals surface area contributed by atoms with Crippen LogP contribution in [0.1, 0.15) is 17.9 Å². The Balaban J connectivity index is 0.836. The van der Waals surface area contributed by atoms with Gasteiger partial charge in [0.1, 0.15) is 0 Å². The summed E-state index contributed by atoms with van der Waals surface area (Å²) in [4.78, 5) is 2.41. The highest BCUT2D eigenvalue weighted by atomic mass is 28.3. The third-order valence-corrected chi connectivity index (χ3v) is 20.9. The molecule has 0 bridgehead atoms. The van der Waals surface area contributed by atoms with Crippen LogP contribution in [0.25, 0.3) is 78.5 Å². The van der Waals surface area contributed by atoms with Crippen molar-refractivity contribution in [2.24, 2.45) is 0 Å². The van der Waals surface area contributed by atoms with Crippen LogP contribution in [0.15, 0.2) is 280 Å². The minimum absolute atomic E-state index is 0.265. The SMILES string of the molecule is C=C/C=c1\c(=C)c2cccc3c4cc(N(c5ccc(-c6ccc([Si](c7ccccc7)(c7ccccc7)c7ccccc7)cc6)cc5)c5ccc(C6C=CC(n7c8ccccc8c8ccccc87)=CC6)cc5)ccc4n1c23. The highest BCUT2D eigenvalue weighted by molar-refractivity contribution is 7.19. The first-order chi connectivity index (χ1) is 37.6. The summed E-state index contributed by atoms with van der Waals surface area (Å²) >= 11 is 0. The number of rotatable bonds is 11. The standard InChI is InChI=1S/C72H53N3Si/c1-3-18-68-50(2)63-27-17-28-66-67-49-58(45-48-71(67)75(68)72(63)66)73(55-39-31-51(32-40-55)52-35-43-57(44-36-52)74-69-29-15-13-25-64(69)65-26-14-16-30-70(65)74)56-41-33-53(34-42-56)54-37-46-62(47-38-54)76(59-19-7-4-8-20-59,60-21-9-5-10-22-60)61-23-11-6-12-24-61/h3-35,37-49,52H,1-2,36H2/b68-18+. The summed E-state index contributed by atoms with van der Waals surface area (Å²) in [5.41, 5.74) is 13.0. The van der Waals surface area contributed by atoms with Crippen molar-refractivity contribution in [1.29, 1.82) is 0 Å². The zero-order chi connectivity index (χ0) is 50.7. The molecule has 0 aliphatic heterocycles. The fourth-order valence-corrected chi connectivity index (χ4v) is 17.3. The summed E-state index contributed by atoms with van der Waals surface area (Å²) in [7, 11) is -2.65. The Kier molecular flexibility index (Phi) is 11.0. The maximum Gasteiger partial charge on any atom is 0.179 e.